The molecule has 0 aliphatic heterocycles. The molecule has 136 valence electrons. The number of hydrogen-bond acceptors (Lipinski definition) is 1. The summed E-state index contributed by atoms with van der Waals surface area (Å²) in [5, 5.41) is 4.28. The average molecular weight is 348 g/mol. The van der Waals surface area contributed by atoms with Gasteiger partial charge in [0, 0.05) is 42.5 Å². The zero-order valence-corrected chi connectivity index (χ0v) is 16.0. The number of fused-ring (bicyclic) bond motifs is 1. The molecule has 0 fully saturated rings. The van der Waals surface area contributed by atoms with Crippen LogP contribution in [0, 0.1) is 6.92 Å². The summed E-state index contributed by atoms with van der Waals surface area (Å²) in [6.07, 6.45) is 3.65. The molecule has 26 heavy (non-hydrogen) atoms. The maximum Gasteiger partial charge on any atom is 0.220 e. The van der Waals surface area contributed by atoms with E-state index in [1.165, 1.54) is 27.6 Å². The Morgan fingerprint density at radius 3 is 2.65 bits per heavy atom. The summed E-state index contributed by atoms with van der Waals surface area (Å²) in [5.41, 5.74) is 4.90. The zero-order valence-electron chi connectivity index (χ0n) is 16.0. The third-order valence-corrected chi connectivity index (χ3v) is 4.94. The molecular weight excluding hydrogens is 320 g/mol. The summed E-state index contributed by atoms with van der Waals surface area (Å²) in [4.78, 5) is 12.5. The Hall–Kier alpha value is -2.55. The van der Waals surface area contributed by atoms with Crippen LogP contribution in [0.5, 0.6) is 0 Å². The van der Waals surface area contributed by atoms with Crippen molar-refractivity contribution in [1.29, 1.82) is 0 Å². The second-order valence-electron chi connectivity index (χ2n) is 6.91. The van der Waals surface area contributed by atoms with Crippen LogP contribution in [0.4, 0.5) is 0 Å². The third-order valence-electron chi connectivity index (χ3n) is 4.94. The van der Waals surface area contributed by atoms with Crippen molar-refractivity contribution in [2.75, 3.05) is 6.54 Å². The number of hydrogen-bond donors (Lipinski definition) is 1. The minimum absolute atomic E-state index is 0.0597. The van der Waals surface area contributed by atoms with Crippen LogP contribution in [0.1, 0.15) is 49.3 Å². The third kappa shape index (κ3) is 3.82. The van der Waals surface area contributed by atoms with Gasteiger partial charge in [-0.1, -0.05) is 55.0 Å². The van der Waals surface area contributed by atoms with Gasteiger partial charge in [0.15, 0.2) is 0 Å². The highest BCUT2D eigenvalue weighted by Gasteiger charge is 2.22. The highest BCUT2D eigenvalue weighted by atomic mass is 16.1. The fourth-order valence-corrected chi connectivity index (χ4v) is 3.63. The summed E-state index contributed by atoms with van der Waals surface area (Å²) in [6, 6.07) is 17.0. The molecule has 1 aromatic heterocycles. The topological polar surface area (TPSA) is 34.0 Å². The monoisotopic (exact) mass is 348 g/mol. The molecule has 0 spiro atoms. The summed E-state index contributed by atoms with van der Waals surface area (Å²) in [5.74, 6) is 0.177. The van der Waals surface area contributed by atoms with Crippen molar-refractivity contribution in [3.8, 4) is 0 Å². The van der Waals surface area contributed by atoms with E-state index >= 15 is 0 Å². The minimum atomic E-state index is 0.0597. The Kier molecular flexibility index (Phi) is 5.77. The molecule has 0 bridgehead atoms. The van der Waals surface area contributed by atoms with E-state index in [1.807, 2.05) is 0 Å². The summed E-state index contributed by atoms with van der Waals surface area (Å²) in [7, 11) is 0. The fraction of sp³-hybridized carbons (Fsp3) is 0.348. The van der Waals surface area contributed by atoms with E-state index in [0.29, 0.717) is 6.42 Å². The fourth-order valence-electron chi connectivity index (χ4n) is 3.63. The summed E-state index contributed by atoms with van der Waals surface area (Å²) >= 11 is 0. The van der Waals surface area contributed by atoms with E-state index in [0.717, 1.165) is 19.5 Å². The molecule has 1 heterocycles. The van der Waals surface area contributed by atoms with Crippen LogP contribution in [0.2, 0.25) is 0 Å². The SMILES string of the molecule is CCCNC(=O)C[C@@H](c1cccc(C)c1)c1cn(CC)c2ccccc12. The van der Waals surface area contributed by atoms with E-state index in [9.17, 15) is 4.79 Å². The van der Waals surface area contributed by atoms with E-state index in [4.69, 9.17) is 0 Å². The van der Waals surface area contributed by atoms with Gasteiger partial charge >= 0.3 is 0 Å². The van der Waals surface area contributed by atoms with Gasteiger partial charge in [0.1, 0.15) is 0 Å². The number of benzene rings is 2. The van der Waals surface area contributed by atoms with Gasteiger partial charge in [-0.15, -0.1) is 0 Å². The quantitative estimate of drug-likeness (QED) is 0.639. The first-order valence-corrected chi connectivity index (χ1v) is 9.55. The molecule has 1 atom stereocenters. The molecular formula is C23H28N2O. The zero-order chi connectivity index (χ0) is 18.5. The standard InChI is InChI=1S/C23H28N2O/c1-4-13-24-23(26)15-20(18-10-8-9-17(3)14-18)21-16-25(5-2)22-12-7-6-11-19(21)22/h6-12,14,16,20H,4-5,13,15H2,1-3H3,(H,24,26)/t20-/m0/s1. The molecule has 0 saturated carbocycles. The minimum Gasteiger partial charge on any atom is -0.356 e. The van der Waals surface area contributed by atoms with E-state index < -0.39 is 0 Å². The largest absolute Gasteiger partial charge is 0.356 e. The molecule has 1 amide bonds. The maximum absolute atomic E-state index is 12.5. The van der Waals surface area contributed by atoms with Gasteiger partial charge in [-0.05, 0) is 37.5 Å². The van der Waals surface area contributed by atoms with Crippen molar-refractivity contribution in [3.63, 3.8) is 0 Å². The van der Waals surface area contributed by atoms with Crippen molar-refractivity contribution in [3.05, 3.63) is 71.4 Å². The molecule has 0 saturated heterocycles. The van der Waals surface area contributed by atoms with E-state index in [2.05, 4.69) is 85.4 Å². The number of carbonyl (C=O) groups is 1. The van der Waals surface area contributed by atoms with Gasteiger partial charge in [-0.2, -0.15) is 0 Å². The lowest BCUT2D eigenvalue weighted by molar-refractivity contribution is -0.121. The van der Waals surface area contributed by atoms with Crippen LogP contribution >= 0.6 is 0 Å². The number of rotatable bonds is 7. The van der Waals surface area contributed by atoms with Crippen molar-refractivity contribution >= 4 is 16.8 Å². The van der Waals surface area contributed by atoms with Crippen LogP contribution in [0.15, 0.2) is 54.7 Å². The maximum atomic E-state index is 12.5. The molecule has 0 aliphatic rings. The van der Waals surface area contributed by atoms with Gasteiger partial charge < -0.3 is 9.88 Å². The highest BCUT2D eigenvalue weighted by Crippen LogP contribution is 2.35. The lowest BCUT2D eigenvalue weighted by Crippen LogP contribution is -2.26. The normalized spacial score (nSPS) is 12.3. The Bertz CT molecular complexity index is 894. The molecule has 1 N–H and O–H groups in total. The van der Waals surface area contributed by atoms with Gasteiger partial charge in [0.2, 0.25) is 5.91 Å². The van der Waals surface area contributed by atoms with Gasteiger partial charge in [-0.3, -0.25) is 4.79 Å². The first-order chi connectivity index (χ1) is 12.6. The number of aromatic nitrogens is 1. The van der Waals surface area contributed by atoms with E-state index in [-0.39, 0.29) is 11.8 Å². The van der Waals surface area contributed by atoms with Gasteiger partial charge in [0.25, 0.3) is 0 Å². The second-order valence-corrected chi connectivity index (χ2v) is 6.91. The first-order valence-electron chi connectivity index (χ1n) is 9.55. The molecule has 0 aliphatic carbocycles. The smallest absolute Gasteiger partial charge is 0.220 e. The molecule has 2 aromatic carbocycles. The Morgan fingerprint density at radius 2 is 1.92 bits per heavy atom. The molecule has 0 radical (unpaired) electrons. The Balaban J connectivity index is 2.07. The van der Waals surface area contributed by atoms with Crippen LogP contribution in [0.3, 0.4) is 0 Å². The molecule has 3 nitrogen and oxygen atoms in total. The molecule has 3 aromatic rings. The van der Waals surface area contributed by atoms with Crippen molar-refractivity contribution in [2.45, 2.75) is 46.1 Å². The van der Waals surface area contributed by atoms with Crippen LogP contribution in [0.25, 0.3) is 10.9 Å². The number of carbonyl (C=O) groups excluding carboxylic acids is 1. The predicted octanol–water partition coefficient (Wildman–Crippen LogP) is 5.02. The number of nitrogens with zero attached hydrogens (tertiary/aromatic N) is 1. The number of amides is 1. The summed E-state index contributed by atoms with van der Waals surface area (Å²) in [6.45, 7) is 7.99. The Labute approximate surface area is 156 Å². The van der Waals surface area contributed by atoms with Crippen LogP contribution < -0.4 is 5.32 Å². The molecule has 3 heteroatoms. The summed E-state index contributed by atoms with van der Waals surface area (Å²) < 4.78 is 2.28. The average Bonchev–Trinajstić information content (AvgIpc) is 3.03. The predicted molar refractivity (Wildman–Crippen MR) is 109 cm³/mol. The number of nitrogens with one attached hydrogen (secondary N) is 1. The lowest BCUT2D eigenvalue weighted by atomic mass is 9.87. The van der Waals surface area contributed by atoms with Crippen molar-refractivity contribution in [1.82, 2.24) is 9.88 Å². The lowest BCUT2D eigenvalue weighted by Gasteiger charge is -2.18. The number of aryl methyl sites for hydroxylation is 2. The van der Waals surface area contributed by atoms with Crippen LogP contribution in [-0.2, 0) is 11.3 Å². The van der Waals surface area contributed by atoms with Gasteiger partial charge in [-0.25, -0.2) is 0 Å². The van der Waals surface area contributed by atoms with Crippen molar-refractivity contribution in [2.24, 2.45) is 0 Å². The first kappa shape index (κ1) is 18.2. The molecule has 0 unspecified atom stereocenters. The van der Waals surface area contributed by atoms with Crippen molar-refractivity contribution < 1.29 is 4.79 Å². The highest BCUT2D eigenvalue weighted by molar-refractivity contribution is 5.86. The van der Waals surface area contributed by atoms with E-state index in [1.54, 1.807) is 0 Å². The second kappa shape index (κ2) is 8.22. The number of para-hydroxylation sites is 1. The Morgan fingerprint density at radius 1 is 1.12 bits per heavy atom. The molecule has 3 rings (SSSR count). The van der Waals surface area contributed by atoms with Crippen LogP contribution in [-0.4, -0.2) is 17.0 Å². The van der Waals surface area contributed by atoms with Gasteiger partial charge in [0.05, 0.1) is 0 Å².